The highest BCUT2D eigenvalue weighted by atomic mass is 35.5. The Bertz CT molecular complexity index is 1200. The van der Waals surface area contributed by atoms with Crippen molar-refractivity contribution in [2.24, 2.45) is 4.99 Å². The lowest BCUT2D eigenvalue weighted by atomic mass is 10.1. The first kappa shape index (κ1) is 19.6. The number of H-pyrrole nitrogens is 1. The smallest absolute Gasteiger partial charge is 0.175 e. The maximum Gasteiger partial charge on any atom is 0.175 e. The summed E-state index contributed by atoms with van der Waals surface area (Å²) in [6.07, 6.45) is 4.72. The summed E-state index contributed by atoms with van der Waals surface area (Å²) in [5.41, 5.74) is 3.60. The minimum atomic E-state index is -3.33. The highest BCUT2D eigenvalue weighted by Gasteiger charge is 2.15. The van der Waals surface area contributed by atoms with Crippen LogP contribution in [0, 0.1) is 0 Å². The number of benzene rings is 2. The first-order valence-electron chi connectivity index (χ1n) is 8.09. The van der Waals surface area contributed by atoms with E-state index in [1.165, 1.54) is 12.1 Å². The zero-order valence-electron chi connectivity index (χ0n) is 14.9. The fourth-order valence-corrected chi connectivity index (χ4v) is 3.95. The molecule has 3 rings (SSSR count). The molecule has 1 heterocycles. The molecule has 0 aliphatic carbocycles. The van der Waals surface area contributed by atoms with Gasteiger partial charge in [-0.15, -0.1) is 0 Å². The molecule has 8 heteroatoms. The molecule has 0 bridgehead atoms. The van der Waals surface area contributed by atoms with Crippen LogP contribution in [-0.2, 0) is 9.84 Å². The van der Waals surface area contributed by atoms with Crippen molar-refractivity contribution in [3.05, 3.63) is 52.0 Å². The number of allylic oxidation sites excluding steroid dienone is 1. The monoisotopic (exact) mass is 421 g/mol. The number of hydrogen-bond donors (Lipinski definition) is 1. The Hall–Kier alpha value is -2.15. The third kappa shape index (κ3) is 3.93. The number of fused-ring (bicyclic) bond motifs is 1. The normalized spacial score (nSPS) is 13.0. The van der Waals surface area contributed by atoms with Crippen molar-refractivity contribution in [1.29, 1.82) is 0 Å². The lowest BCUT2D eigenvalue weighted by Crippen LogP contribution is -1.97. The average molecular weight is 422 g/mol. The maximum atomic E-state index is 11.7. The van der Waals surface area contributed by atoms with E-state index >= 15 is 0 Å². The molecule has 0 saturated heterocycles. The van der Waals surface area contributed by atoms with E-state index in [4.69, 9.17) is 23.2 Å². The van der Waals surface area contributed by atoms with Crippen molar-refractivity contribution in [2.45, 2.75) is 18.7 Å². The van der Waals surface area contributed by atoms with Gasteiger partial charge >= 0.3 is 0 Å². The van der Waals surface area contributed by atoms with Gasteiger partial charge in [-0.05, 0) is 44.2 Å². The molecule has 1 aromatic heterocycles. The minimum absolute atomic E-state index is 0.160. The van der Waals surface area contributed by atoms with E-state index in [0.717, 1.165) is 23.0 Å². The zero-order valence-corrected chi connectivity index (χ0v) is 17.2. The summed E-state index contributed by atoms with van der Waals surface area (Å²) in [4.78, 5) is 12.3. The molecule has 0 unspecified atom stereocenters. The SMILES string of the molecule is CC=NC(=CC)c1cc2nc(-c3ccc(S(C)(=O)=O)cc3Cl)[nH]c2cc1Cl. The van der Waals surface area contributed by atoms with E-state index < -0.39 is 9.84 Å². The van der Waals surface area contributed by atoms with Gasteiger partial charge < -0.3 is 4.98 Å². The molecule has 0 saturated carbocycles. The van der Waals surface area contributed by atoms with E-state index in [1.807, 2.05) is 26.0 Å². The fraction of sp³-hybridized carbons (Fsp3) is 0.158. The number of imidazole rings is 1. The lowest BCUT2D eigenvalue weighted by molar-refractivity contribution is 0.602. The number of aliphatic imine (C=N–C) groups is 1. The molecule has 140 valence electrons. The third-order valence-electron chi connectivity index (χ3n) is 4.01. The summed E-state index contributed by atoms with van der Waals surface area (Å²) in [5.74, 6) is 0.532. The number of nitrogens with zero attached hydrogens (tertiary/aromatic N) is 2. The van der Waals surface area contributed by atoms with Gasteiger partial charge in [0.05, 0.1) is 31.7 Å². The standard InChI is InChI=1S/C19H17Cl2N3O2S/c1-4-16(22-5-2)13-9-17-18(10-15(13)21)24-19(23-17)12-7-6-11(8-14(12)20)27(3,25)26/h4-10H,1-3H3,(H,23,24). The molecule has 0 aliphatic heterocycles. The Morgan fingerprint density at radius 1 is 1.15 bits per heavy atom. The van der Waals surface area contributed by atoms with Gasteiger partial charge in [0.2, 0.25) is 0 Å². The van der Waals surface area contributed by atoms with E-state index in [1.54, 1.807) is 18.3 Å². The molecule has 5 nitrogen and oxygen atoms in total. The average Bonchev–Trinajstić information content (AvgIpc) is 3.00. The molecule has 0 fully saturated rings. The van der Waals surface area contributed by atoms with E-state index in [0.29, 0.717) is 26.9 Å². The van der Waals surface area contributed by atoms with Crippen LogP contribution >= 0.6 is 23.2 Å². The van der Waals surface area contributed by atoms with Crippen LogP contribution in [-0.4, -0.2) is 30.9 Å². The second-order valence-electron chi connectivity index (χ2n) is 5.91. The largest absolute Gasteiger partial charge is 0.338 e. The number of aromatic amines is 1. The molecular formula is C19H17Cl2N3O2S. The molecule has 1 N–H and O–H groups in total. The van der Waals surface area contributed by atoms with E-state index in [2.05, 4.69) is 15.0 Å². The van der Waals surface area contributed by atoms with Gasteiger partial charge in [-0.25, -0.2) is 13.4 Å². The second-order valence-corrected chi connectivity index (χ2v) is 8.74. The summed E-state index contributed by atoms with van der Waals surface area (Å²) in [7, 11) is -3.33. The number of rotatable bonds is 4. The Balaban J connectivity index is 2.13. The number of nitrogens with one attached hydrogen (secondary N) is 1. The second kappa shape index (κ2) is 7.46. The number of halogens is 2. The summed E-state index contributed by atoms with van der Waals surface area (Å²) < 4.78 is 23.4. The molecule has 0 atom stereocenters. The van der Waals surface area contributed by atoms with Gasteiger partial charge in [0, 0.05) is 23.6 Å². The van der Waals surface area contributed by atoms with Crippen LogP contribution in [0.25, 0.3) is 28.1 Å². The van der Waals surface area contributed by atoms with Crippen LogP contribution in [0.4, 0.5) is 0 Å². The van der Waals surface area contributed by atoms with Crippen LogP contribution in [0.1, 0.15) is 19.4 Å². The van der Waals surface area contributed by atoms with Gasteiger partial charge in [-0.3, -0.25) is 4.99 Å². The summed E-state index contributed by atoms with van der Waals surface area (Å²) >= 11 is 12.7. The van der Waals surface area contributed by atoms with Crippen LogP contribution in [0.3, 0.4) is 0 Å². The first-order chi connectivity index (χ1) is 12.7. The summed E-state index contributed by atoms with van der Waals surface area (Å²) in [6, 6.07) is 8.22. The zero-order chi connectivity index (χ0) is 19.8. The van der Waals surface area contributed by atoms with Gasteiger partial charge in [-0.2, -0.15) is 0 Å². The van der Waals surface area contributed by atoms with Crippen molar-refractivity contribution in [1.82, 2.24) is 9.97 Å². The quantitative estimate of drug-likeness (QED) is 0.573. The Morgan fingerprint density at radius 2 is 1.89 bits per heavy atom. The molecular weight excluding hydrogens is 405 g/mol. The van der Waals surface area contributed by atoms with Crippen LogP contribution in [0.2, 0.25) is 10.0 Å². The molecule has 3 aromatic rings. The van der Waals surface area contributed by atoms with Crippen molar-refractivity contribution in [2.75, 3.05) is 6.26 Å². The van der Waals surface area contributed by atoms with Crippen molar-refractivity contribution >= 4 is 56.0 Å². The van der Waals surface area contributed by atoms with Crippen molar-refractivity contribution < 1.29 is 8.42 Å². The highest BCUT2D eigenvalue weighted by molar-refractivity contribution is 7.90. The molecule has 2 aromatic carbocycles. The molecule has 0 aliphatic rings. The predicted molar refractivity (Wildman–Crippen MR) is 112 cm³/mol. The predicted octanol–water partition coefficient (Wildman–Crippen LogP) is 5.39. The van der Waals surface area contributed by atoms with Crippen LogP contribution in [0.15, 0.2) is 46.3 Å². The molecule has 0 radical (unpaired) electrons. The topological polar surface area (TPSA) is 75.2 Å². The summed E-state index contributed by atoms with van der Waals surface area (Å²) in [6.45, 7) is 3.73. The number of sulfone groups is 1. The Labute approximate surface area is 167 Å². The van der Waals surface area contributed by atoms with Gasteiger partial charge in [0.25, 0.3) is 0 Å². The van der Waals surface area contributed by atoms with Crippen LogP contribution < -0.4 is 0 Å². The van der Waals surface area contributed by atoms with E-state index in [-0.39, 0.29) is 4.90 Å². The fourth-order valence-electron chi connectivity index (χ4n) is 2.71. The maximum absolute atomic E-state index is 11.7. The summed E-state index contributed by atoms with van der Waals surface area (Å²) in [5, 5.41) is 0.850. The molecule has 0 spiro atoms. The Morgan fingerprint density at radius 3 is 2.48 bits per heavy atom. The van der Waals surface area contributed by atoms with E-state index in [9.17, 15) is 8.42 Å². The Kier molecular flexibility index (Phi) is 5.42. The number of hydrogen-bond acceptors (Lipinski definition) is 4. The first-order valence-corrected chi connectivity index (χ1v) is 10.7. The molecule has 27 heavy (non-hydrogen) atoms. The number of aromatic nitrogens is 2. The van der Waals surface area contributed by atoms with Crippen molar-refractivity contribution in [3.63, 3.8) is 0 Å². The molecule has 0 amide bonds. The van der Waals surface area contributed by atoms with Crippen molar-refractivity contribution in [3.8, 4) is 11.4 Å². The van der Waals surface area contributed by atoms with Gasteiger partial charge in [0.15, 0.2) is 9.84 Å². The van der Waals surface area contributed by atoms with Crippen LogP contribution in [0.5, 0.6) is 0 Å². The lowest BCUT2D eigenvalue weighted by Gasteiger charge is -2.04. The highest BCUT2D eigenvalue weighted by Crippen LogP contribution is 2.33. The van der Waals surface area contributed by atoms with Gasteiger partial charge in [-0.1, -0.05) is 29.3 Å². The van der Waals surface area contributed by atoms with Gasteiger partial charge in [0.1, 0.15) is 5.82 Å². The third-order valence-corrected chi connectivity index (χ3v) is 5.75. The minimum Gasteiger partial charge on any atom is -0.338 e.